The standard InChI is InChI=1S/3C45H29N5/c1-5-17-30(18-6-1)36-29-39-41(35-26-14-15-27-37(35)49(39)33-23-11-4-12-24-33)42-40(36)34-25-13-16-28-38(34)50(42)45-47-43(31-19-7-2-8-20-31)46-44(48-45)32-21-9-3-10-22-32;1-5-17-30(18-6-1)36-29-37-34-25-13-15-27-38(34)50(42(37)40-35-26-14-16-28-39(35)49(41(36)40)33-23-11-4-12-24-33)45-47-43(31-19-7-2-8-20-31)46-44(48-45)32-21-9-3-10-22-32;1-4-14-30(15-5-1)31-24-26-34(27-25-31)49-39-23-13-11-21-37(39)41-40(49)29-28-36-35-20-10-12-22-38(35)50(42(36)41)45-47-43(32-16-6-2-7-17-32)46-44(48-45)33-18-8-3-9-19-33/h3*1-29H. The second-order valence-electron chi connectivity index (χ2n) is 37.4. The second kappa shape index (κ2) is 37.0. The quantitative estimate of drug-likeness (QED) is 0.0979. The molecule has 15 heteroatoms. The molecule has 702 valence electrons. The highest BCUT2D eigenvalue weighted by Gasteiger charge is 2.31. The van der Waals surface area contributed by atoms with Gasteiger partial charge in [0.2, 0.25) is 17.8 Å². The van der Waals surface area contributed by atoms with E-state index in [4.69, 9.17) is 44.9 Å². The van der Waals surface area contributed by atoms with Crippen molar-refractivity contribution in [1.82, 2.24) is 72.3 Å². The van der Waals surface area contributed by atoms with E-state index in [0.29, 0.717) is 52.8 Å². The molecule has 15 nitrogen and oxygen atoms in total. The van der Waals surface area contributed by atoms with Crippen molar-refractivity contribution in [3.8, 4) is 137 Å². The van der Waals surface area contributed by atoms with Crippen molar-refractivity contribution in [1.29, 1.82) is 0 Å². The van der Waals surface area contributed by atoms with Gasteiger partial charge in [0, 0.05) is 121 Å². The third-order valence-electron chi connectivity index (χ3n) is 28.7. The molecule has 0 spiro atoms. The zero-order valence-electron chi connectivity index (χ0n) is 80.9. The van der Waals surface area contributed by atoms with Gasteiger partial charge in [-0.3, -0.25) is 13.7 Å². The summed E-state index contributed by atoms with van der Waals surface area (Å²) in [6, 6.07) is 184. The van der Waals surface area contributed by atoms with Crippen molar-refractivity contribution in [3.05, 3.63) is 528 Å². The number of para-hydroxylation sites is 8. The number of benzene rings is 21. The van der Waals surface area contributed by atoms with Gasteiger partial charge in [0.05, 0.1) is 66.2 Å². The van der Waals surface area contributed by atoms with Gasteiger partial charge in [0.25, 0.3) is 0 Å². The van der Waals surface area contributed by atoms with Crippen LogP contribution >= 0.6 is 0 Å². The molecule has 0 aliphatic carbocycles. The van der Waals surface area contributed by atoms with Crippen LogP contribution in [-0.4, -0.2) is 72.3 Å². The van der Waals surface area contributed by atoms with Gasteiger partial charge < -0.3 is 13.7 Å². The maximum absolute atomic E-state index is 5.26. The van der Waals surface area contributed by atoms with Gasteiger partial charge >= 0.3 is 0 Å². The Hall–Kier alpha value is -20.5. The van der Waals surface area contributed by atoms with E-state index in [1.165, 1.54) is 32.8 Å². The Kier molecular flexibility index (Phi) is 21.5. The van der Waals surface area contributed by atoms with Crippen LogP contribution in [0.4, 0.5) is 0 Å². The highest BCUT2D eigenvalue weighted by molar-refractivity contribution is 6.32. The lowest BCUT2D eigenvalue weighted by atomic mass is 9.97. The molecule has 150 heavy (non-hydrogen) atoms. The molecular weight excluding hydrogens is 1830 g/mol. The first-order valence-corrected chi connectivity index (χ1v) is 50.4. The van der Waals surface area contributed by atoms with Crippen molar-refractivity contribution in [2.45, 2.75) is 0 Å². The van der Waals surface area contributed by atoms with Crippen LogP contribution in [0.15, 0.2) is 528 Å². The number of nitrogens with zero attached hydrogens (tertiary/aromatic N) is 15. The van der Waals surface area contributed by atoms with Gasteiger partial charge in [0.1, 0.15) is 0 Å². The molecule has 0 radical (unpaired) electrons. The first kappa shape index (κ1) is 87.3. The summed E-state index contributed by atoms with van der Waals surface area (Å²) in [5, 5.41) is 13.9. The first-order chi connectivity index (χ1) is 74.5. The highest BCUT2D eigenvalue weighted by Crippen LogP contribution is 2.51. The van der Waals surface area contributed by atoms with Crippen LogP contribution in [0.2, 0.25) is 0 Å². The fourth-order valence-corrected chi connectivity index (χ4v) is 22.1. The Morgan fingerprint density at radius 2 is 0.373 bits per heavy atom. The Bertz CT molecular complexity index is 10200. The van der Waals surface area contributed by atoms with Gasteiger partial charge in [-0.25, -0.2) is 15.0 Å². The van der Waals surface area contributed by atoms with Gasteiger partial charge in [-0.05, 0) is 119 Å². The molecule has 0 amide bonds. The summed E-state index contributed by atoms with van der Waals surface area (Å²) in [7, 11) is 0. The lowest BCUT2D eigenvalue weighted by molar-refractivity contribution is 0.955. The summed E-state index contributed by atoms with van der Waals surface area (Å²) in [4.78, 5) is 46.4. The fraction of sp³-hybridized carbons (Fsp3) is 0. The van der Waals surface area contributed by atoms with E-state index in [1.807, 2.05) is 109 Å². The topological polar surface area (TPSA) is 146 Å². The predicted molar refractivity (Wildman–Crippen MR) is 614 cm³/mol. The maximum Gasteiger partial charge on any atom is 0.238 e. The summed E-state index contributed by atoms with van der Waals surface area (Å²) in [5.74, 6) is 5.52. The molecular formula is C135H87N15. The Balaban J connectivity index is 0.000000108. The smallest absolute Gasteiger partial charge is 0.238 e. The van der Waals surface area contributed by atoms with Crippen molar-refractivity contribution >= 4 is 131 Å². The molecule has 0 atom stereocenters. The minimum atomic E-state index is 0.576. The van der Waals surface area contributed by atoms with E-state index >= 15 is 0 Å². The summed E-state index contributed by atoms with van der Waals surface area (Å²) in [5.41, 5.74) is 29.1. The first-order valence-electron chi connectivity index (χ1n) is 50.4. The van der Waals surface area contributed by atoms with E-state index in [-0.39, 0.29) is 0 Å². The van der Waals surface area contributed by atoms with Crippen molar-refractivity contribution in [3.63, 3.8) is 0 Å². The SMILES string of the molecule is c1ccc(-c2ccc(-n3c4ccccc4c4c3ccc3c5ccccc5n(-c5nc(-c6ccccc6)nc(-c6ccccc6)n5)c34)cc2)cc1.c1ccc(-c2nc(-c3ccccc3)nc(-n3c4ccccc4c4c(-c5ccccc5)cc5c(c6ccccc6n5-c5ccccc5)c43)n2)cc1.c1ccc(-c2nc(-c3ccccc3)nc(-n3c4ccccc4c4cc(-c5ccccc5)c5c(c6ccccc6n5-c5ccccc5)c43)n2)cc1. The van der Waals surface area contributed by atoms with Gasteiger partial charge in [-0.2, -0.15) is 29.9 Å². The van der Waals surface area contributed by atoms with Crippen LogP contribution in [0.25, 0.3) is 267 Å². The molecule has 0 saturated heterocycles. The molecule has 0 N–H and O–H groups in total. The van der Waals surface area contributed by atoms with Crippen LogP contribution in [0, 0.1) is 0 Å². The summed E-state index contributed by atoms with van der Waals surface area (Å²) >= 11 is 0. The number of aromatic nitrogens is 15. The highest BCUT2D eigenvalue weighted by atomic mass is 15.2. The van der Waals surface area contributed by atoms with Crippen molar-refractivity contribution < 1.29 is 0 Å². The number of hydrogen-bond donors (Lipinski definition) is 0. The molecule has 0 saturated carbocycles. The minimum absolute atomic E-state index is 0.576. The fourth-order valence-electron chi connectivity index (χ4n) is 22.1. The molecule has 30 rings (SSSR count). The third-order valence-corrected chi connectivity index (χ3v) is 28.7. The zero-order chi connectivity index (χ0) is 99.1. The minimum Gasteiger partial charge on any atom is -0.309 e. The average Bonchev–Trinajstić information content (AvgIpc) is 1.54. The van der Waals surface area contributed by atoms with E-state index in [2.05, 4.69) is 446 Å². The molecule has 0 aliphatic heterocycles. The maximum atomic E-state index is 5.26. The lowest BCUT2D eigenvalue weighted by Crippen LogP contribution is -2.06. The second-order valence-corrected chi connectivity index (χ2v) is 37.4. The summed E-state index contributed by atoms with van der Waals surface area (Å²) < 4.78 is 13.9. The largest absolute Gasteiger partial charge is 0.309 e. The molecule has 0 bridgehead atoms. The van der Waals surface area contributed by atoms with Crippen LogP contribution in [0.5, 0.6) is 0 Å². The Morgan fingerprint density at radius 1 is 0.120 bits per heavy atom. The van der Waals surface area contributed by atoms with Crippen LogP contribution in [0.3, 0.4) is 0 Å². The Labute approximate surface area is 861 Å². The van der Waals surface area contributed by atoms with Crippen LogP contribution < -0.4 is 0 Å². The van der Waals surface area contributed by atoms with Gasteiger partial charge in [-0.15, -0.1) is 0 Å². The third kappa shape index (κ3) is 15.0. The molecule has 21 aromatic carbocycles. The molecule has 9 aromatic heterocycles. The zero-order valence-corrected chi connectivity index (χ0v) is 80.9. The summed E-state index contributed by atoms with van der Waals surface area (Å²) in [6.45, 7) is 0. The average molecular weight is 1920 g/mol. The van der Waals surface area contributed by atoms with E-state index < -0.39 is 0 Å². The Morgan fingerprint density at radius 3 is 0.760 bits per heavy atom. The number of hydrogen-bond acceptors (Lipinski definition) is 9. The molecule has 9 heterocycles. The van der Waals surface area contributed by atoms with Crippen LogP contribution in [0.1, 0.15) is 0 Å². The summed E-state index contributed by atoms with van der Waals surface area (Å²) in [6.07, 6.45) is 0. The normalized spacial score (nSPS) is 11.6. The molecule has 0 aliphatic rings. The lowest BCUT2D eigenvalue weighted by Gasteiger charge is -2.14. The van der Waals surface area contributed by atoms with Gasteiger partial charge in [-0.1, -0.05) is 437 Å². The molecule has 0 unspecified atom stereocenters. The number of fused-ring (bicyclic) bond motifs is 21. The molecule has 0 fully saturated rings. The van der Waals surface area contributed by atoms with E-state index in [0.717, 1.165) is 182 Å². The van der Waals surface area contributed by atoms with Gasteiger partial charge in [0.15, 0.2) is 34.9 Å². The van der Waals surface area contributed by atoms with E-state index in [1.54, 1.807) is 0 Å². The van der Waals surface area contributed by atoms with Crippen molar-refractivity contribution in [2.75, 3.05) is 0 Å². The number of rotatable bonds is 15. The molecule has 30 aromatic rings. The van der Waals surface area contributed by atoms with Crippen LogP contribution in [-0.2, 0) is 0 Å². The van der Waals surface area contributed by atoms with E-state index in [9.17, 15) is 0 Å². The predicted octanol–water partition coefficient (Wildman–Crippen LogP) is 33.2. The van der Waals surface area contributed by atoms with Crippen molar-refractivity contribution in [2.24, 2.45) is 0 Å². The monoisotopic (exact) mass is 1920 g/mol.